The van der Waals surface area contributed by atoms with E-state index >= 15 is 0 Å². The molecule has 0 aliphatic heterocycles. The smallest absolute Gasteiger partial charge is 0.128 e. The second-order valence-corrected chi connectivity index (χ2v) is 3.78. The third kappa shape index (κ3) is 1.81. The van der Waals surface area contributed by atoms with Gasteiger partial charge in [-0.25, -0.2) is 14.2 Å². The highest BCUT2D eigenvalue weighted by Gasteiger charge is 2.08. The van der Waals surface area contributed by atoms with Crippen LogP contribution in [0.15, 0.2) is 18.2 Å². The van der Waals surface area contributed by atoms with Crippen LogP contribution in [0.1, 0.15) is 11.3 Å². The molecule has 1 aromatic heterocycles. The molecule has 2 aromatic rings. The van der Waals surface area contributed by atoms with Crippen molar-refractivity contribution in [1.82, 2.24) is 4.57 Å². The van der Waals surface area contributed by atoms with E-state index in [9.17, 15) is 4.39 Å². The summed E-state index contributed by atoms with van der Waals surface area (Å²) in [5.74, 6) is -0.187. The highest BCUT2D eigenvalue weighted by Crippen LogP contribution is 2.22. The minimum atomic E-state index is -0.187. The molecule has 0 radical (unpaired) electrons. The van der Waals surface area contributed by atoms with Crippen LogP contribution in [0.25, 0.3) is 10.9 Å². The summed E-state index contributed by atoms with van der Waals surface area (Å²) in [4.78, 5) is 9.43. The molecule has 3 nitrogen and oxygen atoms in total. The van der Waals surface area contributed by atoms with Crippen LogP contribution in [-0.2, 0) is 23.4 Å². The van der Waals surface area contributed by atoms with Crippen LogP contribution >= 0.6 is 0 Å². The second-order valence-electron chi connectivity index (χ2n) is 3.78. The Morgan fingerprint density at radius 3 is 2.75 bits per heavy atom. The Morgan fingerprint density at radius 2 is 2.06 bits per heavy atom. The van der Waals surface area contributed by atoms with Crippen LogP contribution in [0.5, 0.6) is 0 Å². The highest BCUT2D eigenvalue weighted by molar-refractivity contribution is 5.82. The maximum atomic E-state index is 13.4. The van der Waals surface area contributed by atoms with Gasteiger partial charge < -0.3 is 4.57 Å². The SMILES string of the molecule is COOCc1cc2cc(C)c(F)cc2n1C. The molecule has 4 heteroatoms. The molecular weight excluding hydrogens is 209 g/mol. The fourth-order valence-electron chi connectivity index (χ4n) is 1.79. The lowest BCUT2D eigenvalue weighted by molar-refractivity contribution is -0.283. The molecule has 0 aliphatic carbocycles. The van der Waals surface area contributed by atoms with Gasteiger partial charge in [0.05, 0.1) is 12.6 Å². The van der Waals surface area contributed by atoms with E-state index in [2.05, 4.69) is 4.89 Å². The number of rotatable bonds is 3. The fraction of sp³-hybridized carbons (Fsp3) is 0.333. The Morgan fingerprint density at radius 1 is 1.31 bits per heavy atom. The number of halogens is 1. The number of aryl methyl sites for hydroxylation is 2. The highest BCUT2D eigenvalue weighted by atomic mass is 19.1. The topological polar surface area (TPSA) is 23.4 Å². The van der Waals surface area contributed by atoms with Gasteiger partial charge in [0.1, 0.15) is 12.4 Å². The lowest BCUT2D eigenvalue weighted by Gasteiger charge is -2.03. The normalized spacial score (nSPS) is 11.2. The predicted octanol–water partition coefficient (Wildman–Crippen LogP) is 2.70. The Bertz CT molecular complexity index is 519. The first-order chi connectivity index (χ1) is 7.63. The number of fused-ring (bicyclic) bond motifs is 1. The van der Waals surface area contributed by atoms with Crippen LogP contribution in [0, 0.1) is 12.7 Å². The van der Waals surface area contributed by atoms with E-state index in [0.717, 1.165) is 16.6 Å². The van der Waals surface area contributed by atoms with Gasteiger partial charge in [0, 0.05) is 18.1 Å². The number of hydrogen-bond donors (Lipinski definition) is 0. The molecule has 16 heavy (non-hydrogen) atoms. The molecular formula is C12H14FNO2. The zero-order chi connectivity index (χ0) is 11.7. The van der Waals surface area contributed by atoms with Crippen molar-refractivity contribution in [3.05, 3.63) is 35.3 Å². The lowest BCUT2D eigenvalue weighted by Crippen LogP contribution is -1.99. The average molecular weight is 223 g/mol. The summed E-state index contributed by atoms with van der Waals surface area (Å²) < 4.78 is 15.3. The van der Waals surface area contributed by atoms with Crippen LogP contribution in [0.2, 0.25) is 0 Å². The molecule has 0 fully saturated rings. The average Bonchev–Trinajstić information content (AvgIpc) is 2.54. The van der Waals surface area contributed by atoms with E-state index < -0.39 is 0 Å². The molecule has 0 aliphatic rings. The van der Waals surface area contributed by atoms with Gasteiger partial charge in [-0.1, -0.05) is 0 Å². The molecule has 0 atom stereocenters. The molecule has 0 saturated heterocycles. The van der Waals surface area contributed by atoms with Gasteiger partial charge >= 0.3 is 0 Å². The Balaban J connectivity index is 2.50. The van der Waals surface area contributed by atoms with Crippen LogP contribution in [-0.4, -0.2) is 11.7 Å². The molecule has 0 unspecified atom stereocenters. The van der Waals surface area contributed by atoms with E-state index in [4.69, 9.17) is 4.89 Å². The summed E-state index contributed by atoms with van der Waals surface area (Å²) in [5.41, 5.74) is 2.46. The number of hydrogen-bond acceptors (Lipinski definition) is 2. The van der Waals surface area contributed by atoms with E-state index in [1.807, 2.05) is 23.7 Å². The van der Waals surface area contributed by atoms with Gasteiger partial charge in [-0.15, -0.1) is 0 Å². The van der Waals surface area contributed by atoms with Crippen molar-refractivity contribution < 1.29 is 14.2 Å². The minimum Gasteiger partial charge on any atom is -0.345 e. The molecule has 0 N–H and O–H groups in total. The molecule has 86 valence electrons. The van der Waals surface area contributed by atoms with Gasteiger partial charge in [-0.3, -0.25) is 0 Å². The number of benzene rings is 1. The zero-order valence-corrected chi connectivity index (χ0v) is 9.58. The van der Waals surface area contributed by atoms with Crippen molar-refractivity contribution in [3.8, 4) is 0 Å². The quantitative estimate of drug-likeness (QED) is 0.590. The standard InChI is InChI=1S/C12H14FNO2/c1-8-4-9-5-10(7-16-15-3)14(2)12(9)6-11(8)13/h4-6H,7H2,1-3H3. The first-order valence-electron chi connectivity index (χ1n) is 5.03. The number of nitrogens with zero attached hydrogens (tertiary/aromatic N) is 1. The van der Waals surface area contributed by atoms with Crippen LogP contribution in [0.4, 0.5) is 4.39 Å². The van der Waals surface area contributed by atoms with Gasteiger partial charge in [-0.2, -0.15) is 0 Å². The van der Waals surface area contributed by atoms with Crippen LogP contribution < -0.4 is 0 Å². The molecule has 1 heterocycles. The Labute approximate surface area is 93.3 Å². The second kappa shape index (κ2) is 4.23. The van der Waals surface area contributed by atoms with Gasteiger partial charge in [0.15, 0.2) is 0 Å². The van der Waals surface area contributed by atoms with Crippen molar-refractivity contribution in [3.63, 3.8) is 0 Å². The van der Waals surface area contributed by atoms with E-state index in [-0.39, 0.29) is 5.82 Å². The van der Waals surface area contributed by atoms with Crippen molar-refractivity contribution in [1.29, 1.82) is 0 Å². The summed E-state index contributed by atoms with van der Waals surface area (Å²) >= 11 is 0. The summed E-state index contributed by atoms with van der Waals surface area (Å²) in [6.45, 7) is 2.11. The largest absolute Gasteiger partial charge is 0.345 e. The predicted molar refractivity (Wildman–Crippen MR) is 59.4 cm³/mol. The van der Waals surface area contributed by atoms with Crippen molar-refractivity contribution in [2.75, 3.05) is 7.11 Å². The first kappa shape index (κ1) is 11.1. The monoisotopic (exact) mass is 223 g/mol. The zero-order valence-electron chi connectivity index (χ0n) is 9.58. The van der Waals surface area contributed by atoms with Gasteiger partial charge in [-0.05, 0) is 30.7 Å². The third-order valence-corrected chi connectivity index (χ3v) is 2.75. The Hall–Kier alpha value is -1.39. The summed E-state index contributed by atoms with van der Waals surface area (Å²) in [5, 5.41) is 1.01. The van der Waals surface area contributed by atoms with Crippen molar-refractivity contribution >= 4 is 10.9 Å². The van der Waals surface area contributed by atoms with Crippen molar-refractivity contribution in [2.45, 2.75) is 13.5 Å². The summed E-state index contributed by atoms with van der Waals surface area (Å²) in [7, 11) is 3.35. The lowest BCUT2D eigenvalue weighted by atomic mass is 10.1. The molecule has 1 aromatic carbocycles. The number of aromatic nitrogens is 1. The molecule has 2 rings (SSSR count). The molecule has 0 saturated carbocycles. The maximum absolute atomic E-state index is 13.4. The molecule has 0 spiro atoms. The van der Waals surface area contributed by atoms with Crippen LogP contribution in [0.3, 0.4) is 0 Å². The Kier molecular flexibility index (Phi) is 2.94. The molecule has 0 bridgehead atoms. The van der Waals surface area contributed by atoms with Gasteiger partial charge in [0.2, 0.25) is 0 Å². The summed E-state index contributed by atoms with van der Waals surface area (Å²) in [6.07, 6.45) is 0. The molecule has 0 amide bonds. The third-order valence-electron chi connectivity index (χ3n) is 2.75. The fourth-order valence-corrected chi connectivity index (χ4v) is 1.79. The summed E-state index contributed by atoms with van der Waals surface area (Å²) in [6, 6.07) is 5.35. The van der Waals surface area contributed by atoms with Crippen molar-refractivity contribution in [2.24, 2.45) is 7.05 Å². The van der Waals surface area contributed by atoms with E-state index in [1.165, 1.54) is 7.11 Å². The maximum Gasteiger partial charge on any atom is 0.128 e. The first-order valence-corrected chi connectivity index (χ1v) is 5.03. The minimum absolute atomic E-state index is 0.187. The van der Waals surface area contributed by atoms with E-state index in [1.54, 1.807) is 13.0 Å². The van der Waals surface area contributed by atoms with E-state index in [0.29, 0.717) is 12.2 Å². The van der Waals surface area contributed by atoms with Gasteiger partial charge in [0.25, 0.3) is 0 Å².